The van der Waals surface area contributed by atoms with Crippen LogP contribution in [0.15, 0.2) is 88.2 Å². The number of hydrogen-bond acceptors (Lipinski definition) is 5. The molecule has 1 fully saturated rings. The van der Waals surface area contributed by atoms with E-state index < -0.39 is 21.9 Å². The van der Waals surface area contributed by atoms with Gasteiger partial charge in [0.1, 0.15) is 11.9 Å². The van der Waals surface area contributed by atoms with Crippen molar-refractivity contribution in [3.8, 4) is 11.5 Å². The van der Waals surface area contributed by atoms with Gasteiger partial charge in [0.15, 0.2) is 0 Å². The Balaban J connectivity index is 1.46. The lowest BCUT2D eigenvalue weighted by atomic mass is 9.84. The zero-order valence-electron chi connectivity index (χ0n) is 19.1. The maximum absolute atomic E-state index is 14.8. The molecule has 1 aliphatic carbocycles. The van der Waals surface area contributed by atoms with E-state index in [0.29, 0.717) is 11.5 Å². The second kappa shape index (κ2) is 10.1. The number of hydrogen-bond donors (Lipinski definition) is 1. The quantitative estimate of drug-likeness (QED) is 0.343. The van der Waals surface area contributed by atoms with E-state index in [-0.39, 0.29) is 22.2 Å². The number of aromatic nitrogens is 2. The summed E-state index contributed by atoms with van der Waals surface area (Å²) in [6.07, 6.45) is 5.91. The third-order valence-corrected chi connectivity index (χ3v) is 7.90. The van der Waals surface area contributed by atoms with Crippen LogP contribution in [0.3, 0.4) is 0 Å². The molecule has 4 aromatic rings. The lowest BCUT2D eigenvalue weighted by Crippen LogP contribution is -2.30. The molecule has 0 bridgehead atoms. The molecule has 0 spiro atoms. The molecule has 1 aromatic heterocycles. The van der Waals surface area contributed by atoms with Gasteiger partial charge in [0.25, 0.3) is 0 Å². The molecule has 8 heteroatoms. The minimum absolute atomic E-state index is 0.0450. The normalized spacial score (nSPS) is 15.7. The average molecular weight is 492 g/mol. The zero-order chi connectivity index (χ0) is 24.3. The summed E-state index contributed by atoms with van der Waals surface area (Å²) in [4.78, 5) is 0.0983. The standard InChI is InChI=1S/C27H26FN3O3S/c28-24-14-8-7-13-23(24)25(27-30-29-26(34-27)21-11-5-2-6-12-21)31-35(32,33)22-17-15-20(16-18-22)19-9-3-1-4-10-19/h2,5-8,11-19,25,31H,1,3-4,9-10H2/t25-/m1/s1. The Kier molecular flexibility index (Phi) is 6.74. The smallest absolute Gasteiger partial charge is 0.247 e. The first-order chi connectivity index (χ1) is 17.0. The maximum atomic E-state index is 14.8. The highest BCUT2D eigenvalue weighted by Gasteiger charge is 2.30. The largest absolute Gasteiger partial charge is 0.419 e. The second-order valence-electron chi connectivity index (χ2n) is 8.79. The first kappa shape index (κ1) is 23.4. The van der Waals surface area contributed by atoms with Crippen molar-refractivity contribution < 1.29 is 17.2 Å². The van der Waals surface area contributed by atoms with Crippen LogP contribution in [-0.4, -0.2) is 18.6 Å². The molecule has 0 saturated heterocycles. The Hall–Kier alpha value is -3.36. The first-order valence-corrected chi connectivity index (χ1v) is 13.2. The Morgan fingerprint density at radius 1 is 0.857 bits per heavy atom. The van der Waals surface area contributed by atoms with Crippen molar-refractivity contribution in [3.05, 3.63) is 102 Å². The molecule has 1 atom stereocenters. The van der Waals surface area contributed by atoms with Crippen LogP contribution in [0, 0.1) is 5.82 Å². The molecule has 1 aliphatic rings. The highest BCUT2D eigenvalue weighted by Crippen LogP contribution is 2.33. The van der Waals surface area contributed by atoms with Crippen LogP contribution in [0.25, 0.3) is 11.5 Å². The van der Waals surface area contributed by atoms with Gasteiger partial charge in [-0.15, -0.1) is 10.2 Å². The molecule has 1 heterocycles. The molecule has 0 unspecified atom stereocenters. The summed E-state index contributed by atoms with van der Waals surface area (Å²) in [5.74, 6) is 0.0658. The van der Waals surface area contributed by atoms with E-state index in [1.54, 1.807) is 30.3 Å². The molecule has 0 amide bonds. The first-order valence-electron chi connectivity index (χ1n) is 11.8. The minimum atomic E-state index is -4.02. The summed E-state index contributed by atoms with van der Waals surface area (Å²) in [7, 11) is -4.02. The molecule has 6 nitrogen and oxygen atoms in total. The minimum Gasteiger partial charge on any atom is -0.419 e. The monoisotopic (exact) mass is 491 g/mol. The van der Waals surface area contributed by atoms with Gasteiger partial charge in [0.2, 0.25) is 21.8 Å². The van der Waals surface area contributed by atoms with Crippen LogP contribution in [0.1, 0.15) is 61.1 Å². The summed E-state index contributed by atoms with van der Waals surface area (Å²) in [6, 6.07) is 20.8. The predicted octanol–water partition coefficient (Wildman–Crippen LogP) is 5.99. The van der Waals surface area contributed by atoms with Crippen molar-refractivity contribution in [1.29, 1.82) is 0 Å². The Bertz CT molecular complexity index is 1380. The number of nitrogens with one attached hydrogen (secondary N) is 1. The Morgan fingerprint density at radius 2 is 1.54 bits per heavy atom. The molecule has 5 rings (SSSR count). The number of halogens is 1. The average Bonchev–Trinajstić information content (AvgIpc) is 3.39. The van der Waals surface area contributed by atoms with Gasteiger partial charge in [0.05, 0.1) is 4.90 Å². The highest BCUT2D eigenvalue weighted by molar-refractivity contribution is 7.89. The lowest BCUT2D eigenvalue weighted by Gasteiger charge is -2.22. The van der Waals surface area contributed by atoms with Crippen molar-refractivity contribution in [1.82, 2.24) is 14.9 Å². The molecule has 35 heavy (non-hydrogen) atoms. The lowest BCUT2D eigenvalue weighted by molar-refractivity contribution is 0.443. The second-order valence-corrected chi connectivity index (χ2v) is 10.5. The van der Waals surface area contributed by atoms with Crippen molar-refractivity contribution >= 4 is 10.0 Å². The number of rotatable bonds is 7. The van der Waals surface area contributed by atoms with Gasteiger partial charge in [-0.3, -0.25) is 0 Å². The highest BCUT2D eigenvalue weighted by atomic mass is 32.2. The summed E-state index contributed by atoms with van der Waals surface area (Å²) in [5, 5.41) is 8.11. The van der Waals surface area contributed by atoms with E-state index in [1.165, 1.54) is 37.5 Å². The van der Waals surface area contributed by atoms with Gasteiger partial charge in [-0.1, -0.05) is 67.8 Å². The third kappa shape index (κ3) is 5.18. The van der Waals surface area contributed by atoms with Crippen LogP contribution >= 0.6 is 0 Å². The van der Waals surface area contributed by atoms with Crippen LogP contribution in [0.2, 0.25) is 0 Å². The molecule has 0 radical (unpaired) electrons. The van der Waals surface area contributed by atoms with E-state index >= 15 is 0 Å². The van der Waals surface area contributed by atoms with E-state index in [2.05, 4.69) is 14.9 Å². The summed E-state index contributed by atoms with van der Waals surface area (Å²) < 4.78 is 49.8. The van der Waals surface area contributed by atoms with Gasteiger partial charge in [-0.05, 0) is 54.7 Å². The fourth-order valence-corrected chi connectivity index (χ4v) is 5.75. The van der Waals surface area contributed by atoms with Gasteiger partial charge in [-0.2, -0.15) is 4.72 Å². The molecule has 180 valence electrons. The summed E-state index contributed by atoms with van der Waals surface area (Å²) in [6.45, 7) is 0. The van der Waals surface area contributed by atoms with E-state index in [9.17, 15) is 12.8 Å². The number of nitrogens with zero attached hydrogens (tertiary/aromatic N) is 2. The van der Waals surface area contributed by atoms with Crippen LogP contribution < -0.4 is 4.72 Å². The Labute approximate surface area is 204 Å². The molecule has 1 N–H and O–H groups in total. The van der Waals surface area contributed by atoms with Crippen LogP contribution in [0.4, 0.5) is 4.39 Å². The predicted molar refractivity (Wildman–Crippen MR) is 131 cm³/mol. The van der Waals surface area contributed by atoms with Crippen molar-refractivity contribution in [2.24, 2.45) is 0 Å². The molecule has 1 saturated carbocycles. The molecule has 0 aliphatic heterocycles. The molecular weight excluding hydrogens is 465 g/mol. The van der Waals surface area contributed by atoms with Gasteiger partial charge in [-0.25, -0.2) is 12.8 Å². The fourth-order valence-electron chi connectivity index (χ4n) is 4.58. The number of benzene rings is 3. The molecular formula is C27H26FN3O3S. The van der Waals surface area contributed by atoms with Crippen molar-refractivity contribution in [2.75, 3.05) is 0 Å². The Morgan fingerprint density at radius 3 is 2.26 bits per heavy atom. The third-order valence-electron chi connectivity index (χ3n) is 6.46. The van der Waals surface area contributed by atoms with E-state index in [1.807, 2.05) is 30.3 Å². The molecule has 3 aromatic carbocycles. The number of sulfonamides is 1. The zero-order valence-corrected chi connectivity index (χ0v) is 19.9. The van der Waals surface area contributed by atoms with Crippen molar-refractivity contribution in [2.45, 2.75) is 49.0 Å². The van der Waals surface area contributed by atoms with E-state index in [4.69, 9.17) is 4.42 Å². The van der Waals surface area contributed by atoms with Gasteiger partial charge >= 0.3 is 0 Å². The summed E-state index contributed by atoms with van der Waals surface area (Å²) >= 11 is 0. The maximum Gasteiger partial charge on any atom is 0.247 e. The summed E-state index contributed by atoms with van der Waals surface area (Å²) in [5.41, 5.74) is 1.93. The van der Waals surface area contributed by atoms with E-state index in [0.717, 1.165) is 18.4 Å². The van der Waals surface area contributed by atoms with Crippen LogP contribution in [-0.2, 0) is 10.0 Å². The topological polar surface area (TPSA) is 85.1 Å². The van der Waals surface area contributed by atoms with Crippen molar-refractivity contribution in [3.63, 3.8) is 0 Å². The van der Waals surface area contributed by atoms with Gasteiger partial charge in [0, 0.05) is 11.1 Å². The fraction of sp³-hybridized carbons (Fsp3) is 0.259. The van der Waals surface area contributed by atoms with Crippen LogP contribution in [0.5, 0.6) is 0 Å². The SMILES string of the molecule is O=S(=O)(N[C@@H](c1nnc(-c2ccccc2)o1)c1ccccc1F)c1ccc(C2CCCCC2)cc1. The van der Waals surface area contributed by atoms with Gasteiger partial charge < -0.3 is 4.42 Å².